The van der Waals surface area contributed by atoms with E-state index in [4.69, 9.17) is 0 Å². The maximum atomic E-state index is 13.4. The molecule has 0 aliphatic carbocycles. The smallest absolute Gasteiger partial charge is 0.293 e. The van der Waals surface area contributed by atoms with Gasteiger partial charge in [0, 0.05) is 32.5 Å². The summed E-state index contributed by atoms with van der Waals surface area (Å²) in [6, 6.07) is 1.49. The number of aromatic nitrogens is 2. The molecule has 1 aliphatic rings. The fraction of sp³-hybridized carbons (Fsp3) is 0.375. The van der Waals surface area contributed by atoms with E-state index in [2.05, 4.69) is 11.1 Å². The SMILES string of the molecule is Cn1ccnc(N2CCC(/C=C/c3sccc3F)CC2)c1=O. The number of thiophene rings is 1. The fourth-order valence-electron chi connectivity index (χ4n) is 2.65. The number of hydrogen-bond donors (Lipinski definition) is 0. The maximum Gasteiger partial charge on any atom is 0.293 e. The summed E-state index contributed by atoms with van der Waals surface area (Å²) in [5, 5.41) is 1.76. The minimum absolute atomic E-state index is 0.0582. The van der Waals surface area contributed by atoms with Gasteiger partial charge in [-0.2, -0.15) is 0 Å². The van der Waals surface area contributed by atoms with Crippen molar-refractivity contribution in [2.75, 3.05) is 18.0 Å². The predicted octanol–water partition coefficient (Wildman–Crippen LogP) is 2.91. The lowest BCUT2D eigenvalue weighted by Gasteiger charge is -2.31. The Kier molecular flexibility index (Phi) is 4.38. The molecule has 0 atom stereocenters. The maximum absolute atomic E-state index is 13.4. The minimum Gasteiger partial charge on any atom is -0.352 e. The van der Waals surface area contributed by atoms with E-state index in [1.165, 1.54) is 17.4 Å². The number of piperidine rings is 1. The molecule has 0 radical (unpaired) electrons. The van der Waals surface area contributed by atoms with Crippen molar-refractivity contribution in [1.82, 2.24) is 9.55 Å². The lowest BCUT2D eigenvalue weighted by atomic mass is 9.96. The van der Waals surface area contributed by atoms with Crippen molar-refractivity contribution < 1.29 is 4.39 Å². The second kappa shape index (κ2) is 6.44. The number of rotatable bonds is 3. The predicted molar refractivity (Wildman–Crippen MR) is 87.7 cm³/mol. The van der Waals surface area contributed by atoms with Gasteiger partial charge in [0.15, 0.2) is 5.82 Å². The van der Waals surface area contributed by atoms with Crippen LogP contribution in [0.25, 0.3) is 6.08 Å². The monoisotopic (exact) mass is 319 g/mol. The molecular weight excluding hydrogens is 301 g/mol. The molecule has 0 unspecified atom stereocenters. The average Bonchev–Trinajstić information content (AvgIpc) is 2.94. The van der Waals surface area contributed by atoms with E-state index in [9.17, 15) is 9.18 Å². The highest BCUT2D eigenvalue weighted by Crippen LogP contribution is 2.23. The first kappa shape index (κ1) is 15.0. The molecule has 1 saturated heterocycles. The molecule has 0 saturated carbocycles. The average molecular weight is 319 g/mol. The largest absolute Gasteiger partial charge is 0.352 e. The minimum atomic E-state index is -0.157. The lowest BCUT2D eigenvalue weighted by molar-refractivity contribution is 0.475. The van der Waals surface area contributed by atoms with Crippen LogP contribution in [0.1, 0.15) is 17.7 Å². The van der Waals surface area contributed by atoms with Gasteiger partial charge in [-0.25, -0.2) is 9.37 Å². The Morgan fingerprint density at radius 2 is 2.18 bits per heavy atom. The van der Waals surface area contributed by atoms with E-state index in [1.54, 1.807) is 29.4 Å². The third-order valence-electron chi connectivity index (χ3n) is 4.00. The van der Waals surface area contributed by atoms with Gasteiger partial charge >= 0.3 is 0 Å². The molecule has 2 aromatic heterocycles. The molecule has 0 bridgehead atoms. The normalized spacial score (nSPS) is 16.5. The molecule has 22 heavy (non-hydrogen) atoms. The Hall–Kier alpha value is -1.95. The summed E-state index contributed by atoms with van der Waals surface area (Å²) in [4.78, 5) is 19.0. The van der Waals surface area contributed by atoms with Crippen molar-refractivity contribution in [3.8, 4) is 0 Å². The van der Waals surface area contributed by atoms with Crippen LogP contribution < -0.4 is 10.5 Å². The van der Waals surface area contributed by atoms with Crippen molar-refractivity contribution in [2.24, 2.45) is 13.0 Å². The van der Waals surface area contributed by atoms with Gasteiger partial charge in [0.25, 0.3) is 5.56 Å². The molecule has 3 heterocycles. The van der Waals surface area contributed by atoms with E-state index in [0.29, 0.717) is 16.6 Å². The molecule has 0 N–H and O–H groups in total. The third-order valence-corrected chi connectivity index (χ3v) is 4.86. The van der Waals surface area contributed by atoms with Crippen LogP contribution in [0.4, 0.5) is 10.2 Å². The highest BCUT2D eigenvalue weighted by Gasteiger charge is 2.20. The third kappa shape index (κ3) is 3.11. The van der Waals surface area contributed by atoms with Gasteiger partial charge in [0.1, 0.15) is 5.82 Å². The summed E-state index contributed by atoms with van der Waals surface area (Å²) in [6.45, 7) is 1.60. The van der Waals surface area contributed by atoms with Gasteiger partial charge in [-0.05, 0) is 36.3 Å². The second-order valence-corrected chi connectivity index (χ2v) is 6.43. The van der Waals surface area contributed by atoms with Crippen LogP contribution in [0.3, 0.4) is 0 Å². The zero-order chi connectivity index (χ0) is 15.5. The summed E-state index contributed by atoms with van der Waals surface area (Å²) < 4.78 is 14.9. The zero-order valence-corrected chi connectivity index (χ0v) is 13.2. The van der Waals surface area contributed by atoms with Gasteiger partial charge in [-0.1, -0.05) is 6.08 Å². The number of aryl methyl sites for hydroxylation is 1. The van der Waals surface area contributed by atoms with Crippen LogP contribution in [0, 0.1) is 11.7 Å². The zero-order valence-electron chi connectivity index (χ0n) is 12.4. The highest BCUT2D eigenvalue weighted by molar-refractivity contribution is 7.10. The van der Waals surface area contributed by atoms with Crippen molar-refractivity contribution in [2.45, 2.75) is 12.8 Å². The first-order valence-corrected chi connectivity index (χ1v) is 8.21. The number of anilines is 1. The molecule has 6 heteroatoms. The van der Waals surface area contributed by atoms with Crippen molar-refractivity contribution >= 4 is 23.2 Å². The molecule has 1 fully saturated rings. The Morgan fingerprint density at radius 1 is 1.41 bits per heavy atom. The molecule has 116 valence electrons. The molecular formula is C16H18FN3OS. The first-order valence-electron chi connectivity index (χ1n) is 7.33. The van der Waals surface area contributed by atoms with Crippen LogP contribution in [-0.2, 0) is 7.05 Å². The number of hydrogen-bond acceptors (Lipinski definition) is 4. The van der Waals surface area contributed by atoms with Crippen molar-refractivity contribution in [3.05, 3.63) is 51.0 Å². The summed E-state index contributed by atoms with van der Waals surface area (Å²) in [7, 11) is 1.73. The van der Waals surface area contributed by atoms with E-state index in [-0.39, 0.29) is 11.4 Å². The van der Waals surface area contributed by atoms with Gasteiger partial charge in [-0.3, -0.25) is 4.79 Å². The quantitative estimate of drug-likeness (QED) is 0.873. The number of allylic oxidation sites excluding steroid dienone is 1. The number of halogens is 1. The van der Waals surface area contributed by atoms with E-state index in [0.717, 1.165) is 25.9 Å². The van der Waals surface area contributed by atoms with E-state index >= 15 is 0 Å². The van der Waals surface area contributed by atoms with Crippen LogP contribution in [-0.4, -0.2) is 22.6 Å². The topological polar surface area (TPSA) is 38.1 Å². The lowest BCUT2D eigenvalue weighted by Crippen LogP contribution is -2.38. The molecule has 1 aliphatic heterocycles. The number of nitrogens with zero attached hydrogens (tertiary/aromatic N) is 3. The highest BCUT2D eigenvalue weighted by atomic mass is 32.1. The standard InChI is InChI=1S/C16H18FN3OS/c1-19-10-7-18-15(16(19)21)20-8-4-12(5-9-20)2-3-14-13(17)6-11-22-14/h2-3,6-7,10-12H,4-5,8-9H2,1H3/b3-2+. The van der Waals surface area contributed by atoms with Crippen molar-refractivity contribution in [1.29, 1.82) is 0 Å². The van der Waals surface area contributed by atoms with Crippen LogP contribution in [0.5, 0.6) is 0 Å². The van der Waals surface area contributed by atoms with E-state index in [1.807, 2.05) is 11.0 Å². The molecule has 3 rings (SSSR count). The van der Waals surface area contributed by atoms with Gasteiger partial charge in [0.05, 0.1) is 4.88 Å². The Balaban J connectivity index is 1.63. The van der Waals surface area contributed by atoms with Crippen LogP contribution >= 0.6 is 11.3 Å². The Labute approximate surface area is 132 Å². The summed E-state index contributed by atoms with van der Waals surface area (Å²) in [5.74, 6) is 0.790. The van der Waals surface area contributed by atoms with Gasteiger partial charge < -0.3 is 9.47 Å². The molecule has 4 nitrogen and oxygen atoms in total. The Bertz CT molecular complexity index is 729. The van der Waals surface area contributed by atoms with E-state index < -0.39 is 0 Å². The van der Waals surface area contributed by atoms with Gasteiger partial charge in [0.2, 0.25) is 0 Å². The fourth-order valence-corrected chi connectivity index (χ4v) is 3.32. The summed E-state index contributed by atoms with van der Waals surface area (Å²) >= 11 is 1.41. The first-order chi connectivity index (χ1) is 10.6. The molecule has 0 amide bonds. The van der Waals surface area contributed by atoms with Crippen molar-refractivity contribution in [3.63, 3.8) is 0 Å². The second-order valence-electron chi connectivity index (χ2n) is 5.48. The summed E-state index contributed by atoms with van der Waals surface area (Å²) in [5.41, 5.74) is -0.0582. The molecule has 2 aromatic rings. The van der Waals surface area contributed by atoms with Crippen LogP contribution in [0.15, 0.2) is 34.7 Å². The van der Waals surface area contributed by atoms with Crippen LogP contribution in [0.2, 0.25) is 0 Å². The Morgan fingerprint density at radius 3 is 2.86 bits per heavy atom. The molecule has 0 spiro atoms. The summed E-state index contributed by atoms with van der Waals surface area (Å²) in [6.07, 6.45) is 9.18. The molecule has 0 aromatic carbocycles. The van der Waals surface area contributed by atoms with Gasteiger partial charge in [-0.15, -0.1) is 11.3 Å².